The Morgan fingerprint density at radius 3 is 2.76 bits per heavy atom. The Balaban J connectivity index is 1.94. The van der Waals surface area contributed by atoms with E-state index in [2.05, 4.69) is 15.6 Å². The molecule has 3 N–H and O–H groups in total. The van der Waals surface area contributed by atoms with Crippen LogP contribution in [0.4, 0.5) is 10.5 Å². The first-order valence-corrected chi connectivity index (χ1v) is 6.35. The highest BCUT2D eigenvalue weighted by molar-refractivity contribution is 5.90. The van der Waals surface area contributed by atoms with E-state index < -0.39 is 5.97 Å². The molecule has 0 saturated heterocycles. The molecule has 0 aliphatic heterocycles. The number of nitrogens with one attached hydrogen (secondary N) is 2. The minimum Gasteiger partial charge on any atom is -0.478 e. The molecule has 6 nitrogen and oxygen atoms in total. The average Bonchev–Trinajstić information content (AvgIpc) is 2.48. The number of nitrogens with zero attached hydrogens (tertiary/aromatic N) is 1. The first kappa shape index (κ1) is 14.5. The molecular weight excluding hydrogens is 270 g/mol. The van der Waals surface area contributed by atoms with Crippen LogP contribution < -0.4 is 10.6 Å². The molecule has 1 heterocycles. The van der Waals surface area contributed by atoms with Gasteiger partial charge in [-0.1, -0.05) is 12.1 Å². The Morgan fingerprint density at radius 1 is 1.24 bits per heavy atom. The van der Waals surface area contributed by atoms with Gasteiger partial charge in [0.25, 0.3) is 0 Å². The third-order valence-corrected chi connectivity index (χ3v) is 2.88. The Bertz CT molecular complexity index is 671. The normalized spacial score (nSPS) is 9.95. The second-order valence-electron chi connectivity index (χ2n) is 4.45. The van der Waals surface area contributed by atoms with Gasteiger partial charge in [0.2, 0.25) is 0 Å². The smallest absolute Gasteiger partial charge is 0.335 e. The van der Waals surface area contributed by atoms with Gasteiger partial charge in [-0.3, -0.25) is 4.98 Å². The molecule has 1 aromatic heterocycles. The predicted octanol–water partition coefficient (Wildman–Crippen LogP) is 2.41. The summed E-state index contributed by atoms with van der Waals surface area (Å²) in [4.78, 5) is 26.7. The zero-order valence-corrected chi connectivity index (χ0v) is 11.5. The summed E-state index contributed by atoms with van der Waals surface area (Å²) in [6.07, 6.45) is 1.65. The number of carbonyl (C=O) groups is 2. The maximum Gasteiger partial charge on any atom is 0.335 e. The molecule has 21 heavy (non-hydrogen) atoms. The number of amides is 2. The fourth-order valence-electron chi connectivity index (χ4n) is 1.78. The lowest BCUT2D eigenvalue weighted by molar-refractivity contribution is 0.0696. The number of aromatic nitrogens is 1. The number of pyridine rings is 1. The Labute approximate surface area is 121 Å². The number of carbonyl (C=O) groups excluding carboxylic acids is 1. The van der Waals surface area contributed by atoms with Crippen LogP contribution in [0.15, 0.2) is 42.6 Å². The first-order chi connectivity index (χ1) is 10.1. The summed E-state index contributed by atoms with van der Waals surface area (Å²) >= 11 is 0. The van der Waals surface area contributed by atoms with Crippen molar-refractivity contribution in [3.05, 3.63) is 59.4 Å². The van der Waals surface area contributed by atoms with Gasteiger partial charge in [0.15, 0.2) is 0 Å². The van der Waals surface area contributed by atoms with Crippen LogP contribution in [-0.2, 0) is 6.54 Å². The number of aryl methyl sites for hydroxylation is 1. The number of rotatable bonds is 4. The van der Waals surface area contributed by atoms with E-state index in [4.69, 9.17) is 5.11 Å². The highest BCUT2D eigenvalue weighted by Gasteiger charge is 2.06. The summed E-state index contributed by atoms with van der Waals surface area (Å²) in [6.45, 7) is 2.04. The van der Waals surface area contributed by atoms with Crippen LogP contribution in [0.1, 0.15) is 21.6 Å². The Morgan fingerprint density at radius 2 is 2.05 bits per heavy atom. The van der Waals surface area contributed by atoms with Crippen molar-refractivity contribution in [3.63, 3.8) is 0 Å². The van der Waals surface area contributed by atoms with Crippen molar-refractivity contribution in [2.75, 3.05) is 5.32 Å². The maximum atomic E-state index is 11.8. The summed E-state index contributed by atoms with van der Waals surface area (Å²) in [7, 11) is 0. The molecule has 2 aromatic rings. The van der Waals surface area contributed by atoms with Crippen molar-refractivity contribution in [1.82, 2.24) is 10.3 Å². The van der Waals surface area contributed by atoms with Crippen molar-refractivity contribution in [1.29, 1.82) is 0 Å². The summed E-state index contributed by atoms with van der Waals surface area (Å²) in [5.74, 6) is -0.993. The number of aromatic carboxylic acids is 1. The van der Waals surface area contributed by atoms with Crippen LogP contribution >= 0.6 is 0 Å². The molecule has 0 radical (unpaired) electrons. The Kier molecular flexibility index (Phi) is 4.50. The van der Waals surface area contributed by atoms with Crippen LogP contribution in [0.2, 0.25) is 0 Å². The highest BCUT2D eigenvalue weighted by atomic mass is 16.4. The quantitative estimate of drug-likeness (QED) is 0.804. The molecule has 0 bridgehead atoms. The second-order valence-corrected chi connectivity index (χ2v) is 4.45. The van der Waals surface area contributed by atoms with Crippen LogP contribution in [0.5, 0.6) is 0 Å². The number of urea groups is 1. The van der Waals surface area contributed by atoms with E-state index in [1.807, 2.05) is 0 Å². The summed E-state index contributed by atoms with van der Waals surface area (Å²) < 4.78 is 0. The molecule has 0 spiro atoms. The SMILES string of the molecule is Cc1ncccc1NC(=O)NCc1cccc(C(=O)O)c1. The molecule has 0 aliphatic rings. The molecule has 108 valence electrons. The largest absolute Gasteiger partial charge is 0.478 e. The van der Waals surface area contributed by atoms with Gasteiger partial charge in [0.1, 0.15) is 0 Å². The Hall–Kier alpha value is -2.89. The molecule has 0 fully saturated rings. The monoisotopic (exact) mass is 285 g/mol. The van der Waals surface area contributed by atoms with Crippen LogP contribution in [0, 0.1) is 6.92 Å². The van der Waals surface area contributed by atoms with Gasteiger partial charge < -0.3 is 15.7 Å². The highest BCUT2D eigenvalue weighted by Crippen LogP contribution is 2.10. The van der Waals surface area contributed by atoms with E-state index in [0.717, 1.165) is 5.69 Å². The third-order valence-electron chi connectivity index (χ3n) is 2.88. The van der Waals surface area contributed by atoms with E-state index >= 15 is 0 Å². The van der Waals surface area contributed by atoms with Crippen molar-refractivity contribution in [2.45, 2.75) is 13.5 Å². The number of carboxylic acids is 1. The van der Waals surface area contributed by atoms with E-state index in [1.54, 1.807) is 37.4 Å². The molecule has 0 unspecified atom stereocenters. The first-order valence-electron chi connectivity index (χ1n) is 6.35. The van der Waals surface area contributed by atoms with Gasteiger partial charge in [-0.2, -0.15) is 0 Å². The lowest BCUT2D eigenvalue weighted by Gasteiger charge is -2.09. The molecule has 2 amide bonds. The van der Waals surface area contributed by atoms with Crippen molar-refractivity contribution < 1.29 is 14.7 Å². The predicted molar refractivity (Wildman–Crippen MR) is 78.2 cm³/mol. The number of hydrogen-bond donors (Lipinski definition) is 3. The van der Waals surface area contributed by atoms with Crippen LogP contribution in [0.25, 0.3) is 0 Å². The number of benzene rings is 1. The standard InChI is InChI=1S/C15H15N3O3/c1-10-13(6-3-7-16-10)18-15(21)17-9-11-4-2-5-12(8-11)14(19)20/h2-8H,9H2,1H3,(H,19,20)(H2,17,18,21). The van der Waals surface area contributed by atoms with Crippen molar-refractivity contribution >= 4 is 17.7 Å². The molecule has 0 saturated carbocycles. The molecule has 0 atom stereocenters. The van der Waals surface area contributed by atoms with Crippen LogP contribution in [-0.4, -0.2) is 22.1 Å². The van der Waals surface area contributed by atoms with Gasteiger partial charge >= 0.3 is 12.0 Å². The number of anilines is 1. The lowest BCUT2D eigenvalue weighted by atomic mass is 10.1. The topological polar surface area (TPSA) is 91.3 Å². The van der Waals surface area contributed by atoms with Crippen LogP contribution in [0.3, 0.4) is 0 Å². The average molecular weight is 285 g/mol. The summed E-state index contributed by atoms with van der Waals surface area (Å²) in [5, 5.41) is 14.3. The van der Waals surface area contributed by atoms with Gasteiger partial charge in [0, 0.05) is 12.7 Å². The summed E-state index contributed by atoms with van der Waals surface area (Å²) in [5.41, 5.74) is 2.26. The van der Waals surface area contributed by atoms with Gasteiger partial charge in [0.05, 0.1) is 16.9 Å². The molecule has 1 aromatic carbocycles. The lowest BCUT2D eigenvalue weighted by Crippen LogP contribution is -2.28. The minimum absolute atomic E-state index is 0.192. The molecule has 2 rings (SSSR count). The van der Waals surface area contributed by atoms with E-state index in [-0.39, 0.29) is 18.1 Å². The molecule has 0 aliphatic carbocycles. The molecule has 6 heteroatoms. The molecular formula is C15H15N3O3. The van der Waals surface area contributed by atoms with Crippen molar-refractivity contribution in [3.8, 4) is 0 Å². The number of carboxylic acid groups (broad SMARTS) is 1. The van der Waals surface area contributed by atoms with E-state index in [9.17, 15) is 9.59 Å². The fourth-order valence-corrected chi connectivity index (χ4v) is 1.78. The van der Waals surface area contributed by atoms with Crippen molar-refractivity contribution in [2.24, 2.45) is 0 Å². The van der Waals surface area contributed by atoms with E-state index in [0.29, 0.717) is 11.3 Å². The zero-order chi connectivity index (χ0) is 15.2. The van der Waals surface area contributed by atoms with Gasteiger partial charge in [-0.25, -0.2) is 9.59 Å². The zero-order valence-electron chi connectivity index (χ0n) is 11.5. The van der Waals surface area contributed by atoms with E-state index in [1.165, 1.54) is 12.1 Å². The maximum absolute atomic E-state index is 11.8. The second kappa shape index (κ2) is 6.51. The number of hydrogen-bond acceptors (Lipinski definition) is 3. The fraction of sp³-hybridized carbons (Fsp3) is 0.133. The summed E-state index contributed by atoms with van der Waals surface area (Å²) in [6, 6.07) is 9.55. The van der Waals surface area contributed by atoms with Gasteiger partial charge in [-0.15, -0.1) is 0 Å². The third kappa shape index (κ3) is 4.04. The minimum atomic E-state index is -0.993. The van der Waals surface area contributed by atoms with Gasteiger partial charge in [-0.05, 0) is 36.8 Å².